The van der Waals surface area contributed by atoms with Crippen LogP contribution in [0.15, 0.2) is 24.3 Å². The molecule has 94 valence electrons. The van der Waals surface area contributed by atoms with Crippen molar-refractivity contribution in [3.8, 4) is 0 Å². The molecule has 0 radical (unpaired) electrons. The van der Waals surface area contributed by atoms with Crippen molar-refractivity contribution < 1.29 is 0 Å². The second kappa shape index (κ2) is 5.88. The number of nitrogens with one attached hydrogen (secondary N) is 1. The number of benzene rings is 1. The first-order chi connectivity index (χ1) is 8.18. The molecular weight excluding hydrogens is 230 g/mol. The third-order valence-corrected chi connectivity index (χ3v) is 4.40. The Morgan fingerprint density at radius 2 is 1.82 bits per heavy atom. The van der Waals surface area contributed by atoms with E-state index in [1.165, 1.54) is 24.8 Å². The van der Waals surface area contributed by atoms with Gasteiger partial charge in [-0.15, -0.1) is 0 Å². The maximum atomic E-state index is 6.17. The quantitative estimate of drug-likeness (QED) is 0.847. The Morgan fingerprint density at radius 1 is 1.18 bits per heavy atom. The van der Waals surface area contributed by atoms with Crippen molar-refractivity contribution in [3.63, 3.8) is 0 Å². The van der Waals surface area contributed by atoms with Crippen LogP contribution in [-0.2, 0) is 6.54 Å². The Hall–Kier alpha value is -0.530. The number of rotatable bonds is 3. The molecule has 2 unspecified atom stereocenters. The molecule has 0 saturated heterocycles. The summed E-state index contributed by atoms with van der Waals surface area (Å²) in [5.41, 5.74) is 1.21. The standard InChI is InChI=1S/C15H22ClN/c1-11-6-5-7-12(2)15(11)17-10-13-8-3-4-9-14(13)16/h3-4,8-9,11-12,15,17H,5-7,10H2,1-2H3. The maximum absolute atomic E-state index is 6.17. The minimum Gasteiger partial charge on any atom is -0.309 e. The molecule has 1 nitrogen and oxygen atoms in total. The van der Waals surface area contributed by atoms with Crippen LogP contribution in [0.2, 0.25) is 5.02 Å². The van der Waals surface area contributed by atoms with Crippen molar-refractivity contribution in [3.05, 3.63) is 34.9 Å². The SMILES string of the molecule is CC1CCCC(C)C1NCc1ccccc1Cl. The van der Waals surface area contributed by atoms with Crippen LogP contribution in [0.4, 0.5) is 0 Å². The fourth-order valence-corrected chi connectivity index (χ4v) is 3.16. The van der Waals surface area contributed by atoms with Gasteiger partial charge in [0.1, 0.15) is 0 Å². The van der Waals surface area contributed by atoms with Crippen molar-refractivity contribution in [2.75, 3.05) is 0 Å². The summed E-state index contributed by atoms with van der Waals surface area (Å²) < 4.78 is 0. The van der Waals surface area contributed by atoms with E-state index in [4.69, 9.17) is 11.6 Å². The van der Waals surface area contributed by atoms with Crippen LogP contribution >= 0.6 is 11.6 Å². The van der Waals surface area contributed by atoms with Crippen molar-refractivity contribution in [2.45, 2.75) is 45.7 Å². The molecule has 1 aliphatic rings. The zero-order valence-corrected chi connectivity index (χ0v) is 11.5. The van der Waals surface area contributed by atoms with E-state index >= 15 is 0 Å². The van der Waals surface area contributed by atoms with Crippen LogP contribution in [0.3, 0.4) is 0 Å². The smallest absolute Gasteiger partial charge is 0.0450 e. The third-order valence-electron chi connectivity index (χ3n) is 4.03. The molecule has 0 bridgehead atoms. The monoisotopic (exact) mass is 251 g/mol. The average Bonchev–Trinajstić information content (AvgIpc) is 2.30. The van der Waals surface area contributed by atoms with Gasteiger partial charge in [-0.25, -0.2) is 0 Å². The Balaban J connectivity index is 1.95. The van der Waals surface area contributed by atoms with Gasteiger partial charge in [0.15, 0.2) is 0 Å². The molecule has 1 aliphatic carbocycles. The Kier molecular flexibility index (Phi) is 4.47. The Morgan fingerprint density at radius 3 is 2.47 bits per heavy atom. The molecule has 2 rings (SSSR count). The molecule has 1 N–H and O–H groups in total. The van der Waals surface area contributed by atoms with Crippen LogP contribution in [0.1, 0.15) is 38.7 Å². The highest BCUT2D eigenvalue weighted by Gasteiger charge is 2.26. The maximum Gasteiger partial charge on any atom is 0.0450 e. The van der Waals surface area contributed by atoms with Crippen molar-refractivity contribution in [1.29, 1.82) is 0 Å². The molecule has 1 fully saturated rings. The fourth-order valence-electron chi connectivity index (χ4n) is 2.95. The zero-order chi connectivity index (χ0) is 12.3. The van der Waals surface area contributed by atoms with E-state index in [1.54, 1.807) is 0 Å². The lowest BCUT2D eigenvalue weighted by molar-refractivity contribution is 0.208. The molecule has 17 heavy (non-hydrogen) atoms. The summed E-state index contributed by atoms with van der Waals surface area (Å²) in [6, 6.07) is 8.74. The molecule has 0 amide bonds. The zero-order valence-electron chi connectivity index (χ0n) is 10.7. The molecule has 0 heterocycles. The molecule has 1 saturated carbocycles. The topological polar surface area (TPSA) is 12.0 Å². The lowest BCUT2D eigenvalue weighted by Crippen LogP contribution is -2.42. The first-order valence-corrected chi connectivity index (χ1v) is 7.03. The summed E-state index contributed by atoms with van der Waals surface area (Å²) >= 11 is 6.17. The highest BCUT2D eigenvalue weighted by Crippen LogP contribution is 2.29. The second-order valence-corrected chi connectivity index (χ2v) is 5.79. The van der Waals surface area contributed by atoms with Gasteiger partial charge >= 0.3 is 0 Å². The summed E-state index contributed by atoms with van der Waals surface area (Å²) in [5, 5.41) is 4.57. The van der Waals surface area contributed by atoms with Gasteiger partial charge < -0.3 is 5.32 Å². The summed E-state index contributed by atoms with van der Waals surface area (Å²) in [5.74, 6) is 1.56. The lowest BCUT2D eigenvalue weighted by Gasteiger charge is -2.35. The van der Waals surface area contributed by atoms with Gasteiger partial charge in [0.2, 0.25) is 0 Å². The van der Waals surface area contributed by atoms with E-state index in [-0.39, 0.29) is 0 Å². The summed E-state index contributed by atoms with van der Waals surface area (Å²) in [6.45, 7) is 5.61. The number of halogens is 1. The molecule has 2 atom stereocenters. The van der Waals surface area contributed by atoms with E-state index in [0.717, 1.165) is 23.4 Å². The molecule has 0 aliphatic heterocycles. The number of hydrogen-bond donors (Lipinski definition) is 1. The highest BCUT2D eigenvalue weighted by molar-refractivity contribution is 6.31. The molecule has 0 aromatic heterocycles. The average molecular weight is 252 g/mol. The molecular formula is C15H22ClN. The Labute approximate surface area is 110 Å². The van der Waals surface area contributed by atoms with Crippen LogP contribution in [0.25, 0.3) is 0 Å². The summed E-state index contributed by atoms with van der Waals surface area (Å²) in [6.07, 6.45) is 4.08. The van der Waals surface area contributed by atoms with Crippen molar-refractivity contribution in [2.24, 2.45) is 11.8 Å². The predicted molar refractivity (Wildman–Crippen MR) is 74.3 cm³/mol. The van der Waals surface area contributed by atoms with Crippen LogP contribution in [0.5, 0.6) is 0 Å². The van der Waals surface area contributed by atoms with Gasteiger partial charge in [0.05, 0.1) is 0 Å². The lowest BCUT2D eigenvalue weighted by atomic mass is 9.78. The first-order valence-electron chi connectivity index (χ1n) is 6.65. The molecule has 0 spiro atoms. The molecule has 1 aromatic carbocycles. The van der Waals surface area contributed by atoms with Gasteiger partial charge in [-0.3, -0.25) is 0 Å². The van der Waals surface area contributed by atoms with Gasteiger partial charge in [0, 0.05) is 17.6 Å². The van der Waals surface area contributed by atoms with E-state index in [2.05, 4.69) is 31.3 Å². The summed E-state index contributed by atoms with van der Waals surface area (Å²) in [7, 11) is 0. The van der Waals surface area contributed by atoms with E-state index < -0.39 is 0 Å². The first kappa shape index (κ1) is 12.9. The van der Waals surface area contributed by atoms with Crippen LogP contribution in [-0.4, -0.2) is 6.04 Å². The summed E-state index contributed by atoms with van der Waals surface area (Å²) in [4.78, 5) is 0. The highest BCUT2D eigenvalue weighted by atomic mass is 35.5. The Bertz CT molecular complexity index is 354. The van der Waals surface area contributed by atoms with E-state index in [1.807, 2.05) is 12.1 Å². The van der Waals surface area contributed by atoms with Gasteiger partial charge in [-0.2, -0.15) is 0 Å². The van der Waals surface area contributed by atoms with E-state index in [9.17, 15) is 0 Å². The minimum absolute atomic E-state index is 0.639. The second-order valence-electron chi connectivity index (χ2n) is 5.38. The van der Waals surface area contributed by atoms with Gasteiger partial charge in [-0.05, 0) is 36.3 Å². The van der Waals surface area contributed by atoms with Crippen molar-refractivity contribution in [1.82, 2.24) is 5.32 Å². The van der Waals surface area contributed by atoms with Crippen LogP contribution < -0.4 is 5.32 Å². The normalized spacial score (nSPS) is 29.2. The number of hydrogen-bond acceptors (Lipinski definition) is 1. The predicted octanol–water partition coefficient (Wildman–Crippen LogP) is 4.25. The van der Waals surface area contributed by atoms with Gasteiger partial charge in [-0.1, -0.05) is 50.1 Å². The fraction of sp³-hybridized carbons (Fsp3) is 0.600. The largest absolute Gasteiger partial charge is 0.309 e. The molecule has 1 aromatic rings. The minimum atomic E-state index is 0.639. The van der Waals surface area contributed by atoms with Crippen LogP contribution in [0, 0.1) is 11.8 Å². The molecule has 2 heteroatoms. The van der Waals surface area contributed by atoms with Gasteiger partial charge in [0.25, 0.3) is 0 Å². The van der Waals surface area contributed by atoms with E-state index in [0.29, 0.717) is 6.04 Å². The third kappa shape index (κ3) is 3.23. The van der Waals surface area contributed by atoms with Crippen molar-refractivity contribution >= 4 is 11.6 Å².